The fraction of sp³-hybridized carbons (Fsp3) is 0.0312. The highest BCUT2D eigenvalue weighted by Gasteiger charge is 2.18. The van der Waals surface area contributed by atoms with E-state index in [0.717, 1.165) is 55.8 Å². The zero-order valence-electron chi connectivity index (χ0n) is 19.7. The largest absolute Gasteiger partial charge is 0.456 e. The molecule has 3 aromatic rings. The number of hydrogen-bond donors (Lipinski definition) is 2. The summed E-state index contributed by atoms with van der Waals surface area (Å²) < 4.78 is 6.48. The molecule has 35 heavy (non-hydrogen) atoms. The summed E-state index contributed by atoms with van der Waals surface area (Å²) in [5.74, 6) is 0.813. The second-order valence-corrected chi connectivity index (χ2v) is 8.23. The van der Waals surface area contributed by atoms with E-state index in [2.05, 4.69) is 71.5 Å². The average molecular weight is 456 g/mol. The summed E-state index contributed by atoms with van der Waals surface area (Å²) >= 11 is 0. The zero-order valence-corrected chi connectivity index (χ0v) is 19.7. The Balaban J connectivity index is 1.72. The minimum Gasteiger partial charge on any atom is -0.456 e. The molecule has 0 fully saturated rings. The highest BCUT2D eigenvalue weighted by Crippen LogP contribution is 2.40. The third kappa shape index (κ3) is 4.85. The lowest BCUT2D eigenvalue weighted by atomic mass is 9.93. The van der Waals surface area contributed by atoms with E-state index < -0.39 is 0 Å². The molecule has 3 aromatic carbocycles. The molecule has 1 aliphatic carbocycles. The monoisotopic (exact) mass is 455 g/mol. The van der Waals surface area contributed by atoms with Gasteiger partial charge in [-0.1, -0.05) is 67.3 Å². The molecule has 0 atom stereocenters. The molecule has 3 heteroatoms. The first-order valence-electron chi connectivity index (χ1n) is 11.7. The van der Waals surface area contributed by atoms with E-state index in [1.807, 2.05) is 67.6 Å². The summed E-state index contributed by atoms with van der Waals surface area (Å²) in [5, 5.41) is 5.48. The summed E-state index contributed by atoms with van der Waals surface area (Å²) in [6.45, 7) is 5.91. The van der Waals surface area contributed by atoms with Gasteiger partial charge in [0.1, 0.15) is 11.3 Å². The van der Waals surface area contributed by atoms with Crippen LogP contribution < -0.4 is 15.7 Å². The van der Waals surface area contributed by atoms with E-state index in [4.69, 9.17) is 4.42 Å². The number of nitrogens with one attached hydrogen (secondary N) is 2. The van der Waals surface area contributed by atoms with Crippen LogP contribution in [0.4, 0.5) is 11.4 Å². The Labute approximate surface area is 205 Å². The predicted molar refractivity (Wildman–Crippen MR) is 145 cm³/mol. The third-order valence-electron chi connectivity index (χ3n) is 5.82. The quantitative estimate of drug-likeness (QED) is 0.224. The molecule has 1 heterocycles. The summed E-state index contributed by atoms with van der Waals surface area (Å²) in [4.78, 5) is 3.43. The van der Waals surface area contributed by atoms with E-state index in [-0.39, 0.29) is 0 Å². The smallest absolute Gasteiger partial charge is 0.207 e. The van der Waals surface area contributed by atoms with Gasteiger partial charge in [0, 0.05) is 52.2 Å². The lowest BCUT2D eigenvalue weighted by Crippen LogP contribution is -2.74. The standard InChI is InChI=1S/C32H26N2O/c1-3-5-14-24(4-2)33-26-17-19-28-30(21-26)35-31-22-27(34-25-15-10-7-11-16-25)18-20-29(31)32(28)23-12-8-6-9-13-23/h3-22,34H,2H2,1H3/p+1/b5-3-,24-14+,33-26?. The van der Waals surface area contributed by atoms with Crippen molar-refractivity contribution in [3.05, 3.63) is 139 Å². The van der Waals surface area contributed by atoms with Gasteiger partial charge in [0.05, 0.1) is 6.07 Å². The Morgan fingerprint density at radius 2 is 1.63 bits per heavy atom. The molecule has 2 aliphatic rings. The van der Waals surface area contributed by atoms with Crippen LogP contribution in [-0.2, 0) is 0 Å². The van der Waals surface area contributed by atoms with E-state index in [9.17, 15) is 0 Å². The second-order valence-electron chi connectivity index (χ2n) is 8.23. The second kappa shape index (κ2) is 10.1. The van der Waals surface area contributed by atoms with E-state index >= 15 is 0 Å². The van der Waals surface area contributed by atoms with Gasteiger partial charge in [-0.15, -0.1) is 0 Å². The van der Waals surface area contributed by atoms with Crippen LogP contribution in [-0.4, -0.2) is 0 Å². The van der Waals surface area contributed by atoms with Gasteiger partial charge in [-0.05, 0) is 42.8 Å². The van der Waals surface area contributed by atoms with Gasteiger partial charge in [0.25, 0.3) is 0 Å². The van der Waals surface area contributed by atoms with Crippen LogP contribution in [0.2, 0.25) is 0 Å². The molecule has 0 unspecified atom stereocenters. The van der Waals surface area contributed by atoms with Crippen LogP contribution in [0.15, 0.2) is 138 Å². The molecule has 0 saturated carbocycles. The van der Waals surface area contributed by atoms with Crippen molar-refractivity contribution < 1.29 is 9.41 Å². The van der Waals surface area contributed by atoms with Crippen LogP contribution >= 0.6 is 0 Å². The van der Waals surface area contributed by atoms with E-state index in [1.54, 1.807) is 6.08 Å². The molecule has 3 nitrogen and oxygen atoms in total. The van der Waals surface area contributed by atoms with Crippen molar-refractivity contribution in [2.45, 2.75) is 6.92 Å². The Hall–Kier alpha value is -4.63. The molecule has 0 saturated heterocycles. The van der Waals surface area contributed by atoms with Crippen LogP contribution in [0.25, 0.3) is 33.4 Å². The zero-order chi connectivity index (χ0) is 24.0. The van der Waals surface area contributed by atoms with Crippen molar-refractivity contribution in [3.63, 3.8) is 0 Å². The number of hydrogen-bond acceptors (Lipinski definition) is 2. The van der Waals surface area contributed by atoms with Gasteiger partial charge in [0.2, 0.25) is 11.1 Å². The molecule has 0 amide bonds. The maximum atomic E-state index is 6.48. The number of fused-ring (bicyclic) bond motifs is 2. The number of benzene rings is 4. The summed E-state index contributed by atoms with van der Waals surface area (Å²) in [7, 11) is 0. The van der Waals surface area contributed by atoms with Crippen LogP contribution in [0.5, 0.6) is 0 Å². The first-order chi connectivity index (χ1) is 17.2. The van der Waals surface area contributed by atoms with Crippen molar-refractivity contribution in [2.75, 3.05) is 5.32 Å². The van der Waals surface area contributed by atoms with Gasteiger partial charge >= 0.3 is 0 Å². The highest BCUT2D eigenvalue weighted by atomic mass is 16.3. The molecule has 0 radical (unpaired) electrons. The van der Waals surface area contributed by atoms with Crippen molar-refractivity contribution >= 4 is 22.3 Å². The number of para-hydroxylation sites is 1. The van der Waals surface area contributed by atoms with Gasteiger partial charge in [0.15, 0.2) is 0 Å². The number of allylic oxidation sites excluding steroid dienone is 4. The lowest BCUT2D eigenvalue weighted by molar-refractivity contribution is -0.437. The van der Waals surface area contributed by atoms with Crippen molar-refractivity contribution in [1.29, 1.82) is 0 Å². The molecular weight excluding hydrogens is 428 g/mol. The fourth-order valence-corrected chi connectivity index (χ4v) is 4.18. The number of rotatable bonds is 6. The van der Waals surface area contributed by atoms with Gasteiger partial charge in [-0.3, -0.25) is 0 Å². The lowest BCUT2D eigenvalue weighted by Gasteiger charge is -2.16. The average Bonchev–Trinajstić information content (AvgIpc) is 2.90. The Morgan fingerprint density at radius 1 is 0.857 bits per heavy atom. The molecule has 0 aromatic heterocycles. The van der Waals surface area contributed by atoms with Gasteiger partial charge < -0.3 is 9.73 Å². The molecular formula is C32H27N2O+. The Kier molecular flexibility index (Phi) is 6.40. The maximum absolute atomic E-state index is 6.48. The fourth-order valence-electron chi connectivity index (χ4n) is 4.18. The van der Waals surface area contributed by atoms with E-state index in [0.29, 0.717) is 0 Å². The van der Waals surface area contributed by atoms with Crippen molar-refractivity contribution in [2.24, 2.45) is 0 Å². The summed E-state index contributed by atoms with van der Waals surface area (Å²) in [6, 6.07) is 33.2. The SMILES string of the molecule is C=C/C(=C\C=C/C)[NH+]=c1ccc2c(-c3ccccc3)c3ccc(Nc4ccccc4)cc3oc-2c1. The molecule has 5 rings (SSSR count). The molecule has 0 spiro atoms. The Morgan fingerprint density at radius 3 is 2.37 bits per heavy atom. The van der Waals surface area contributed by atoms with Crippen molar-refractivity contribution in [3.8, 4) is 22.5 Å². The Bertz CT molecular complexity index is 1580. The highest BCUT2D eigenvalue weighted by molar-refractivity contribution is 6.02. The first-order valence-corrected chi connectivity index (χ1v) is 11.7. The molecule has 170 valence electrons. The minimum absolute atomic E-state index is 0.813. The predicted octanol–water partition coefficient (Wildman–Crippen LogP) is 6.58. The maximum Gasteiger partial charge on any atom is 0.207 e. The van der Waals surface area contributed by atoms with Gasteiger partial charge in [-0.2, -0.15) is 0 Å². The molecule has 1 aliphatic heterocycles. The summed E-state index contributed by atoms with van der Waals surface area (Å²) in [5.41, 5.74) is 7.13. The molecule has 0 bridgehead atoms. The van der Waals surface area contributed by atoms with E-state index in [1.165, 1.54) is 0 Å². The normalized spacial score (nSPS) is 12.5. The number of anilines is 2. The van der Waals surface area contributed by atoms with Gasteiger partial charge in [-0.25, -0.2) is 4.99 Å². The minimum atomic E-state index is 0.813. The molecule has 2 N–H and O–H groups in total. The summed E-state index contributed by atoms with van der Waals surface area (Å²) in [6.07, 6.45) is 7.77. The van der Waals surface area contributed by atoms with Crippen molar-refractivity contribution in [1.82, 2.24) is 0 Å². The van der Waals surface area contributed by atoms with Crippen LogP contribution in [0.3, 0.4) is 0 Å². The topological polar surface area (TPSA) is 39.1 Å². The first kappa shape index (κ1) is 22.2. The van der Waals surface area contributed by atoms with Crippen LogP contribution in [0, 0.1) is 0 Å². The van der Waals surface area contributed by atoms with Crippen LogP contribution in [0.1, 0.15) is 6.92 Å². The third-order valence-corrected chi connectivity index (χ3v) is 5.82.